The number of nitrogens with one attached hydrogen (secondary N) is 3. The van der Waals surface area contributed by atoms with Crippen LogP contribution in [0.3, 0.4) is 0 Å². The topological polar surface area (TPSA) is 118 Å². The van der Waals surface area contributed by atoms with E-state index in [4.69, 9.17) is 0 Å². The zero-order valence-electron chi connectivity index (χ0n) is 13.4. The van der Waals surface area contributed by atoms with Gasteiger partial charge in [-0.15, -0.1) is 0 Å². The molecule has 1 aliphatic heterocycles. The summed E-state index contributed by atoms with van der Waals surface area (Å²) in [6.45, 7) is 1.92. The molecule has 4 amide bonds. The molecule has 0 aromatic heterocycles. The first kappa shape index (κ1) is 16.2. The largest absolute Gasteiger partial charge is 0.508 e. The van der Waals surface area contributed by atoms with E-state index in [0.717, 1.165) is 21.3 Å². The van der Waals surface area contributed by atoms with E-state index in [1.807, 2.05) is 18.2 Å². The van der Waals surface area contributed by atoms with Crippen LogP contribution in [0.4, 0.5) is 9.59 Å². The number of amides is 4. The number of fused-ring (bicyclic) bond motifs is 1. The molecule has 2 aromatic rings. The minimum absolute atomic E-state index is 0.195. The fourth-order valence-corrected chi connectivity index (χ4v) is 2.27. The SMILES string of the molecule is CC1=NNC(=O)N(NC(=O)N/N=C/c2ccc3cc(O)ccc3c2)C1. The van der Waals surface area contributed by atoms with Gasteiger partial charge in [-0.25, -0.2) is 30.9 Å². The third kappa shape index (κ3) is 4.02. The maximum Gasteiger partial charge on any atom is 0.356 e. The summed E-state index contributed by atoms with van der Waals surface area (Å²) in [5, 5.41) is 20.0. The van der Waals surface area contributed by atoms with E-state index < -0.39 is 12.1 Å². The van der Waals surface area contributed by atoms with E-state index in [0.29, 0.717) is 5.71 Å². The summed E-state index contributed by atoms with van der Waals surface area (Å²) in [5.74, 6) is 0.203. The van der Waals surface area contributed by atoms with Gasteiger partial charge in [-0.3, -0.25) is 0 Å². The first-order chi connectivity index (χ1) is 12.0. The molecule has 3 rings (SSSR count). The molecule has 128 valence electrons. The summed E-state index contributed by atoms with van der Waals surface area (Å²) in [5.41, 5.74) is 8.36. The third-order valence-electron chi connectivity index (χ3n) is 3.44. The highest BCUT2D eigenvalue weighted by molar-refractivity contribution is 5.93. The quantitative estimate of drug-likeness (QED) is 0.501. The molecule has 0 radical (unpaired) electrons. The van der Waals surface area contributed by atoms with Crippen LogP contribution in [0.5, 0.6) is 5.75 Å². The Morgan fingerprint density at radius 1 is 1.32 bits per heavy atom. The number of phenols is 1. The lowest BCUT2D eigenvalue weighted by molar-refractivity contribution is 0.173. The minimum Gasteiger partial charge on any atom is -0.508 e. The Balaban J connectivity index is 1.59. The van der Waals surface area contributed by atoms with Crippen molar-refractivity contribution < 1.29 is 14.7 Å². The Labute approximate surface area is 143 Å². The number of benzene rings is 2. The summed E-state index contributed by atoms with van der Waals surface area (Å²) in [7, 11) is 0. The van der Waals surface area contributed by atoms with Crippen molar-refractivity contribution in [2.45, 2.75) is 6.92 Å². The van der Waals surface area contributed by atoms with Gasteiger partial charge in [0, 0.05) is 0 Å². The van der Waals surface area contributed by atoms with Gasteiger partial charge in [-0.05, 0) is 41.5 Å². The lowest BCUT2D eigenvalue weighted by atomic mass is 10.1. The van der Waals surface area contributed by atoms with E-state index in [-0.39, 0.29) is 12.3 Å². The molecular formula is C16H16N6O3. The van der Waals surface area contributed by atoms with E-state index in [1.54, 1.807) is 25.1 Å². The van der Waals surface area contributed by atoms with Crippen LogP contribution in [-0.4, -0.2) is 40.6 Å². The number of urea groups is 2. The number of aromatic hydroxyl groups is 1. The van der Waals surface area contributed by atoms with E-state index in [9.17, 15) is 14.7 Å². The van der Waals surface area contributed by atoms with Crippen molar-refractivity contribution in [2.75, 3.05) is 6.54 Å². The second-order valence-electron chi connectivity index (χ2n) is 5.45. The van der Waals surface area contributed by atoms with Crippen LogP contribution in [0.15, 0.2) is 46.6 Å². The smallest absolute Gasteiger partial charge is 0.356 e. The summed E-state index contributed by atoms with van der Waals surface area (Å²) in [6, 6.07) is 9.41. The fraction of sp³-hybridized carbons (Fsp3) is 0.125. The molecule has 1 heterocycles. The molecular weight excluding hydrogens is 324 g/mol. The van der Waals surface area contributed by atoms with Crippen LogP contribution in [0.1, 0.15) is 12.5 Å². The average molecular weight is 340 g/mol. The number of hydrogen-bond acceptors (Lipinski definition) is 5. The van der Waals surface area contributed by atoms with Gasteiger partial charge in [0.15, 0.2) is 0 Å². The number of hydrogen-bond donors (Lipinski definition) is 4. The van der Waals surface area contributed by atoms with Crippen LogP contribution in [0, 0.1) is 0 Å². The molecule has 0 saturated carbocycles. The van der Waals surface area contributed by atoms with E-state index >= 15 is 0 Å². The van der Waals surface area contributed by atoms with Gasteiger partial charge in [0.2, 0.25) is 0 Å². The highest BCUT2D eigenvalue weighted by Gasteiger charge is 2.20. The third-order valence-corrected chi connectivity index (χ3v) is 3.44. The zero-order chi connectivity index (χ0) is 17.8. The molecule has 1 aliphatic rings. The maximum atomic E-state index is 11.8. The number of hydrazone groups is 2. The molecule has 0 spiro atoms. The number of carbonyl (C=O) groups is 2. The van der Waals surface area contributed by atoms with Gasteiger partial charge in [0.05, 0.1) is 18.5 Å². The van der Waals surface area contributed by atoms with Crippen molar-refractivity contribution >= 4 is 34.8 Å². The molecule has 9 heteroatoms. The van der Waals surface area contributed by atoms with Crippen molar-refractivity contribution in [3.8, 4) is 5.75 Å². The van der Waals surface area contributed by atoms with Crippen molar-refractivity contribution in [1.82, 2.24) is 21.3 Å². The van der Waals surface area contributed by atoms with Crippen LogP contribution in [0.2, 0.25) is 0 Å². The van der Waals surface area contributed by atoms with Crippen molar-refractivity contribution in [3.05, 3.63) is 42.0 Å². The molecule has 0 saturated heterocycles. The second-order valence-corrected chi connectivity index (χ2v) is 5.45. The second kappa shape index (κ2) is 6.87. The standard InChI is InChI=1S/C16H16N6O3/c1-10-9-22(16(25)20-18-10)21-15(24)19-17-8-11-2-3-13-7-14(23)5-4-12(13)6-11/h2-8,23H,9H2,1H3,(H,20,25)(H2,19,21,24)/b17-8+. The van der Waals surface area contributed by atoms with E-state index in [2.05, 4.69) is 26.5 Å². The molecule has 0 atom stereocenters. The van der Waals surface area contributed by atoms with Gasteiger partial charge in [-0.2, -0.15) is 10.2 Å². The molecule has 0 unspecified atom stereocenters. The molecule has 0 aliphatic carbocycles. The Kier molecular flexibility index (Phi) is 4.46. The predicted octanol–water partition coefficient (Wildman–Crippen LogP) is 1.49. The molecule has 0 bridgehead atoms. The van der Waals surface area contributed by atoms with Gasteiger partial charge < -0.3 is 5.11 Å². The minimum atomic E-state index is -0.646. The fourth-order valence-electron chi connectivity index (χ4n) is 2.27. The number of carbonyl (C=O) groups excluding carboxylic acids is 2. The number of hydrazine groups is 1. The van der Waals surface area contributed by atoms with E-state index in [1.165, 1.54) is 6.21 Å². The molecule has 2 aromatic carbocycles. The molecule has 9 nitrogen and oxygen atoms in total. The van der Waals surface area contributed by atoms with Crippen molar-refractivity contribution in [3.63, 3.8) is 0 Å². The Morgan fingerprint density at radius 3 is 2.92 bits per heavy atom. The highest BCUT2D eigenvalue weighted by atomic mass is 16.3. The Bertz CT molecular complexity index is 893. The summed E-state index contributed by atoms with van der Waals surface area (Å²) < 4.78 is 0. The van der Waals surface area contributed by atoms with Gasteiger partial charge in [0.25, 0.3) is 0 Å². The van der Waals surface area contributed by atoms with Gasteiger partial charge in [0.1, 0.15) is 5.75 Å². The lowest BCUT2D eigenvalue weighted by Crippen LogP contribution is -2.55. The van der Waals surface area contributed by atoms with Crippen LogP contribution in [-0.2, 0) is 0 Å². The summed E-state index contributed by atoms with van der Waals surface area (Å²) >= 11 is 0. The summed E-state index contributed by atoms with van der Waals surface area (Å²) in [6.07, 6.45) is 1.48. The van der Waals surface area contributed by atoms with Crippen molar-refractivity contribution in [2.24, 2.45) is 10.2 Å². The highest BCUT2D eigenvalue weighted by Crippen LogP contribution is 2.20. The predicted molar refractivity (Wildman–Crippen MR) is 93.2 cm³/mol. The van der Waals surface area contributed by atoms with Crippen molar-refractivity contribution in [1.29, 1.82) is 0 Å². The number of nitrogens with zero attached hydrogens (tertiary/aromatic N) is 3. The zero-order valence-corrected chi connectivity index (χ0v) is 13.4. The number of rotatable bonds is 3. The number of phenolic OH excluding ortho intramolecular Hbond substituents is 1. The van der Waals surface area contributed by atoms with Crippen LogP contribution < -0.4 is 16.3 Å². The Morgan fingerprint density at radius 2 is 2.08 bits per heavy atom. The Hall–Kier alpha value is -3.62. The summed E-state index contributed by atoms with van der Waals surface area (Å²) in [4.78, 5) is 23.3. The van der Waals surface area contributed by atoms with Crippen LogP contribution >= 0.6 is 0 Å². The molecule has 4 N–H and O–H groups in total. The average Bonchev–Trinajstić information content (AvgIpc) is 2.58. The molecule has 25 heavy (non-hydrogen) atoms. The van der Waals surface area contributed by atoms with Gasteiger partial charge in [-0.1, -0.05) is 18.2 Å². The maximum absolute atomic E-state index is 11.8. The molecule has 0 fully saturated rings. The first-order valence-electron chi connectivity index (χ1n) is 7.44. The van der Waals surface area contributed by atoms with Gasteiger partial charge >= 0.3 is 12.1 Å². The monoisotopic (exact) mass is 340 g/mol. The van der Waals surface area contributed by atoms with Crippen LogP contribution in [0.25, 0.3) is 10.8 Å². The normalized spacial score (nSPS) is 14.4. The first-order valence-corrected chi connectivity index (χ1v) is 7.44. The lowest BCUT2D eigenvalue weighted by Gasteiger charge is -2.25.